The smallest absolute Gasteiger partial charge is 0.343 e. The number of aromatic nitrogens is 3. The van der Waals surface area contributed by atoms with Crippen molar-refractivity contribution < 1.29 is 26.7 Å². The third-order valence-corrected chi connectivity index (χ3v) is 6.62. The molecule has 1 amide bonds. The van der Waals surface area contributed by atoms with Gasteiger partial charge in [-0.15, -0.1) is 0 Å². The van der Waals surface area contributed by atoms with Gasteiger partial charge in [0.05, 0.1) is 0 Å². The van der Waals surface area contributed by atoms with Crippen LogP contribution in [0, 0.1) is 5.82 Å². The van der Waals surface area contributed by atoms with Crippen LogP contribution in [0.4, 0.5) is 45.2 Å². The fraction of sp³-hybridized carbons (Fsp3) is 0.385. The Morgan fingerprint density at radius 3 is 2.54 bits per heavy atom. The van der Waals surface area contributed by atoms with Gasteiger partial charge in [0.2, 0.25) is 5.95 Å². The van der Waals surface area contributed by atoms with Crippen molar-refractivity contribution in [3.05, 3.63) is 64.7 Å². The number of nitrogens with one attached hydrogen (secondary N) is 4. The van der Waals surface area contributed by atoms with Crippen molar-refractivity contribution in [1.29, 1.82) is 0 Å². The van der Waals surface area contributed by atoms with Crippen LogP contribution in [0.1, 0.15) is 53.9 Å². The zero-order chi connectivity index (χ0) is 28.0. The van der Waals surface area contributed by atoms with Gasteiger partial charge in [-0.2, -0.15) is 18.2 Å². The lowest BCUT2D eigenvalue weighted by molar-refractivity contribution is -0.123. The molecule has 3 aromatic rings. The summed E-state index contributed by atoms with van der Waals surface area (Å²) in [4.78, 5) is 24.9. The molecule has 1 spiro atoms. The van der Waals surface area contributed by atoms with Crippen LogP contribution in [0.3, 0.4) is 0 Å². The average molecular weight is 548 g/mol. The number of pyridine rings is 1. The quantitative estimate of drug-likeness (QED) is 0.304. The van der Waals surface area contributed by atoms with Crippen molar-refractivity contribution in [2.75, 3.05) is 23.7 Å². The van der Waals surface area contributed by atoms with Crippen molar-refractivity contribution in [1.82, 2.24) is 25.6 Å². The summed E-state index contributed by atoms with van der Waals surface area (Å²) < 4.78 is 66.7. The Morgan fingerprint density at radius 2 is 1.85 bits per heavy atom. The van der Waals surface area contributed by atoms with Crippen LogP contribution in [0.5, 0.6) is 0 Å². The van der Waals surface area contributed by atoms with Crippen LogP contribution in [-0.2, 0) is 17.6 Å². The molecule has 0 radical (unpaired) electrons. The van der Waals surface area contributed by atoms with Crippen LogP contribution in [0.15, 0.2) is 36.5 Å². The predicted molar refractivity (Wildman–Crippen MR) is 134 cm³/mol. The third kappa shape index (κ3) is 5.92. The predicted octanol–water partition coefficient (Wildman–Crippen LogP) is 5.13. The first-order valence-corrected chi connectivity index (χ1v) is 12.3. The van der Waals surface area contributed by atoms with Crippen LogP contribution >= 0.6 is 0 Å². The van der Waals surface area contributed by atoms with Gasteiger partial charge in [-0.1, -0.05) is 6.07 Å². The molecule has 0 saturated heterocycles. The second kappa shape index (κ2) is 9.70. The van der Waals surface area contributed by atoms with Crippen molar-refractivity contribution in [3.8, 4) is 0 Å². The number of alkyl halides is 4. The zero-order valence-corrected chi connectivity index (χ0v) is 21.1. The SMILES string of the molecule is CC(C)(F)c1nc(Nc2nc(Nc3ccc4c(c3)CCNC43CC3)ncc2C(=O)NCC(F)(F)F)ccc1F. The number of anilines is 4. The molecule has 13 heteroatoms. The summed E-state index contributed by atoms with van der Waals surface area (Å²) in [5.74, 6) is -2.19. The summed E-state index contributed by atoms with van der Waals surface area (Å²) in [7, 11) is 0. The van der Waals surface area contributed by atoms with E-state index in [1.54, 1.807) is 5.32 Å². The Bertz CT molecular complexity index is 1420. The maximum atomic E-state index is 14.5. The molecule has 1 aliphatic carbocycles. The van der Waals surface area contributed by atoms with E-state index in [1.165, 1.54) is 17.2 Å². The van der Waals surface area contributed by atoms with E-state index in [0.29, 0.717) is 5.69 Å². The zero-order valence-electron chi connectivity index (χ0n) is 21.1. The van der Waals surface area contributed by atoms with E-state index < -0.39 is 35.8 Å². The number of hydrogen-bond donors (Lipinski definition) is 4. The van der Waals surface area contributed by atoms with Crippen molar-refractivity contribution in [3.63, 3.8) is 0 Å². The average Bonchev–Trinajstić information content (AvgIpc) is 3.62. The van der Waals surface area contributed by atoms with Crippen LogP contribution in [-0.4, -0.2) is 40.1 Å². The Kier molecular flexibility index (Phi) is 6.65. The van der Waals surface area contributed by atoms with E-state index in [2.05, 4.69) is 30.9 Å². The molecule has 0 unspecified atom stereocenters. The second-order valence-corrected chi connectivity index (χ2v) is 10.1. The fourth-order valence-corrected chi connectivity index (χ4v) is 4.61. The first-order valence-electron chi connectivity index (χ1n) is 12.3. The van der Waals surface area contributed by atoms with Crippen molar-refractivity contribution >= 4 is 29.2 Å². The minimum absolute atomic E-state index is 0.0491. The molecule has 0 bridgehead atoms. The number of amides is 1. The number of hydrogen-bond acceptors (Lipinski definition) is 7. The van der Waals surface area contributed by atoms with Gasteiger partial charge in [-0.3, -0.25) is 4.79 Å². The topological polar surface area (TPSA) is 104 Å². The number of benzene rings is 1. The van der Waals surface area contributed by atoms with Crippen molar-refractivity contribution in [2.24, 2.45) is 0 Å². The molecular weight excluding hydrogens is 521 g/mol. The Labute approximate surface area is 220 Å². The van der Waals surface area contributed by atoms with Crippen molar-refractivity contribution in [2.45, 2.75) is 50.5 Å². The summed E-state index contributed by atoms with van der Waals surface area (Å²) in [6.45, 7) is 1.56. The van der Waals surface area contributed by atoms with E-state index in [0.717, 1.165) is 51.9 Å². The highest BCUT2D eigenvalue weighted by Crippen LogP contribution is 2.49. The van der Waals surface area contributed by atoms with E-state index in [-0.39, 0.29) is 28.7 Å². The maximum absolute atomic E-state index is 14.5. The third-order valence-electron chi connectivity index (χ3n) is 6.62. The summed E-state index contributed by atoms with van der Waals surface area (Å²) >= 11 is 0. The number of carbonyl (C=O) groups is 1. The molecule has 1 aromatic carbocycles. The first kappa shape index (κ1) is 26.7. The first-order chi connectivity index (χ1) is 18.3. The van der Waals surface area contributed by atoms with Crippen LogP contribution in [0.2, 0.25) is 0 Å². The lowest BCUT2D eigenvalue weighted by Gasteiger charge is -2.27. The van der Waals surface area contributed by atoms with Gasteiger partial charge in [-0.25, -0.2) is 18.7 Å². The highest BCUT2D eigenvalue weighted by atomic mass is 19.4. The molecule has 39 heavy (non-hydrogen) atoms. The number of carbonyl (C=O) groups excluding carboxylic acids is 1. The number of fused-ring (bicyclic) bond motifs is 2. The van der Waals surface area contributed by atoms with E-state index >= 15 is 0 Å². The molecule has 1 aliphatic heterocycles. The highest BCUT2D eigenvalue weighted by Gasteiger charge is 2.46. The molecule has 4 N–H and O–H groups in total. The molecule has 0 atom stereocenters. The van der Waals surface area contributed by atoms with E-state index in [1.807, 2.05) is 18.2 Å². The number of halogens is 5. The van der Waals surface area contributed by atoms with E-state index in [9.17, 15) is 26.7 Å². The lowest BCUT2D eigenvalue weighted by atomic mass is 9.92. The maximum Gasteiger partial charge on any atom is 0.405 e. The molecular formula is C26H26F5N7O. The fourth-order valence-electron chi connectivity index (χ4n) is 4.61. The molecule has 2 aromatic heterocycles. The number of rotatable bonds is 7. The molecule has 2 aliphatic rings. The summed E-state index contributed by atoms with van der Waals surface area (Å²) in [6, 6.07) is 8.10. The Morgan fingerprint density at radius 1 is 1.08 bits per heavy atom. The molecule has 1 saturated carbocycles. The summed E-state index contributed by atoms with van der Waals surface area (Å²) in [5, 5.41) is 11.1. The normalized spacial score (nSPS) is 16.0. The van der Waals surface area contributed by atoms with Gasteiger partial charge in [0.25, 0.3) is 5.91 Å². The minimum Gasteiger partial charge on any atom is -0.343 e. The number of nitrogens with zero attached hydrogens (tertiary/aromatic N) is 3. The molecule has 3 heterocycles. The molecule has 8 nitrogen and oxygen atoms in total. The molecule has 5 rings (SSSR count). The molecule has 1 fully saturated rings. The standard InChI is InChI=1S/C26H26F5N7O/c1-24(2,28)20-18(27)5-6-19(36-20)37-21-16(22(39)33-13-26(29,30)31)12-32-23(38-21)35-15-3-4-17-14(11-15)7-10-34-25(17)8-9-25/h3-6,11-12,34H,7-10,13H2,1-2H3,(H,33,39)(H2,32,35,36,37,38). The van der Waals surface area contributed by atoms with E-state index in [4.69, 9.17) is 0 Å². The summed E-state index contributed by atoms with van der Waals surface area (Å²) in [6.07, 6.45) is -0.549. The van der Waals surface area contributed by atoms with Gasteiger partial charge in [0.15, 0.2) is 0 Å². The van der Waals surface area contributed by atoms with Gasteiger partial charge in [0, 0.05) is 24.0 Å². The Balaban J connectivity index is 1.45. The van der Waals surface area contributed by atoms with Gasteiger partial charge < -0.3 is 21.3 Å². The monoisotopic (exact) mass is 547 g/mol. The highest BCUT2D eigenvalue weighted by molar-refractivity contribution is 5.99. The van der Waals surface area contributed by atoms with Gasteiger partial charge in [0.1, 0.15) is 40.9 Å². The lowest BCUT2D eigenvalue weighted by Crippen LogP contribution is -2.36. The second-order valence-electron chi connectivity index (χ2n) is 10.1. The van der Waals surface area contributed by atoms with Gasteiger partial charge in [-0.05, 0) is 68.5 Å². The van der Waals surface area contributed by atoms with Crippen LogP contribution in [0.25, 0.3) is 0 Å². The minimum atomic E-state index is -4.63. The van der Waals surface area contributed by atoms with Crippen LogP contribution < -0.4 is 21.3 Å². The Hall–Kier alpha value is -3.87. The molecule has 206 valence electrons. The van der Waals surface area contributed by atoms with Gasteiger partial charge >= 0.3 is 6.18 Å². The largest absolute Gasteiger partial charge is 0.405 e. The summed E-state index contributed by atoms with van der Waals surface area (Å²) in [5.41, 5.74) is 0.272.